The molecule has 0 radical (unpaired) electrons. The first kappa shape index (κ1) is 17.8. The van der Waals surface area contributed by atoms with Crippen LogP contribution in [0, 0.1) is 10.8 Å². The van der Waals surface area contributed by atoms with Crippen molar-refractivity contribution in [3.05, 3.63) is 29.3 Å². The van der Waals surface area contributed by atoms with Crippen molar-refractivity contribution in [2.75, 3.05) is 0 Å². The lowest BCUT2D eigenvalue weighted by atomic mass is 9.97. The van der Waals surface area contributed by atoms with Crippen molar-refractivity contribution in [3.8, 4) is 5.75 Å². The number of hydrogen-bond acceptors (Lipinski definition) is 1. The molecule has 2 aliphatic carbocycles. The second-order valence-corrected chi connectivity index (χ2v) is 9.35. The van der Waals surface area contributed by atoms with Crippen molar-refractivity contribution in [1.82, 2.24) is 0 Å². The Bertz CT molecular complexity index is 537. The fourth-order valence-electron chi connectivity index (χ4n) is 3.83. The smallest absolute Gasteiger partial charge is 0.119 e. The molecule has 0 atom stereocenters. The summed E-state index contributed by atoms with van der Waals surface area (Å²) in [6.07, 6.45) is 17.1. The molecule has 0 aliphatic heterocycles. The average Bonchev–Trinajstić information content (AvgIpc) is 3.46. The van der Waals surface area contributed by atoms with Crippen molar-refractivity contribution < 1.29 is 5.11 Å². The maximum Gasteiger partial charge on any atom is 0.119 e. The second-order valence-electron chi connectivity index (χ2n) is 9.35. The number of benzene rings is 1. The van der Waals surface area contributed by atoms with Gasteiger partial charge in [-0.3, -0.25) is 0 Å². The number of unbranched alkanes of at least 4 members (excludes halogenated alkanes) is 3. The lowest BCUT2D eigenvalue weighted by Gasteiger charge is -2.10. The quantitative estimate of drug-likeness (QED) is 0.442. The van der Waals surface area contributed by atoms with Gasteiger partial charge in [0.25, 0.3) is 0 Å². The first-order valence-electron chi connectivity index (χ1n) is 10.3. The van der Waals surface area contributed by atoms with Crippen LogP contribution in [0.1, 0.15) is 95.6 Å². The van der Waals surface area contributed by atoms with E-state index in [0.29, 0.717) is 16.6 Å². The van der Waals surface area contributed by atoms with Gasteiger partial charge in [0.2, 0.25) is 0 Å². The molecule has 2 aliphatic rings. The van der Waals surface area contributed by atoms with Crippen LogP contribution in [0.5, 0.6) is 5.75 Å². The van der Waals surface area contributed by atoms with Crippen LogP contribution in [0.3, 0.4) is 0 Å². The molecule has 2 fully saturated rings. The molecule has 0 bridgehead atoms. The Hall–Kier alpha value is -0.980. The van der Waals surface area contributed by atoms with Gasteiger partial charge in [-0.25, -0.2) is 0 Å². The first-order valence-corrected chi connectivity index (χ1v) is 10.3. The molecule has 1 nitrogen and oxygen atoms in total. The molecule has 24 heavy (non-hydrogen) atoms. The Kier molecular flexibility index (Phi) is 5.57. The van der Waals surface area contributed by atoms with Crippen LogP contribution in [0.25, 0.3) is 0 Å². The van der Waals surface area contributed by atoms with Gasteiger partial charge in [0, 0.05) is 0 Å². The molecule has 1 N–H and O–H groups in total. The molecular formula is C23H36O. The Morgan fingerprint density at radius 2 is 1.38 bits per heavy atom. The Morgan fingerprint density at radius 1 is 0.792 bits per heavy atom. The van der Waals surface area contributed by atoms with Crippen molar-refractivity contribution in [1.29, 1.82) is 0 Å². The molecule has 0 aromatic heterocycles. The Morgan fingerprint density at radius 3 is 1.96 bits per heavy atom. The van der Waals surface area contributed by atoms with Gasteiger partial charge in [-0.15, -0.1) is 0 Å². The zero-order valence-electron chi connectivity index (χ0n) is 15.9. The van der Waals surface area contributed by atoms with Crippen molar-refractivity contribution >= 4 is 0 Å². The molecule has 134 valence electrons. The highest BCUT2D eigenvalue weighted by atomic mass is 16.3. The van der Waals surface area contributed by atoms with E-state index in [1.165, 1.54) is 76.2 Å². The number of phenolic OH excluding ortho intramolecular Hbond substituents is 1. The van der Waals surface area contributed by atoms with Gasteiger partial charge in [-0.2, -0.15) is 0 Å². The standard InChI is InChI=1S/C23H36O/c1-22(14-15-22)12-6-3-4-9-20-11-10-19(18-21(20)24)8-5-7-13-23(2)16-17-23/h10-11,18,24H,3-9,12-17H2,1-2H3. The first-order chi connectivity index (χ1) is 11.5. The minimum Gasteiger partial charge on any atom is -0.508 e. The van der Waals surface area contributed by atoms with E-state index in [-0.39, 0.29) is 0 Å². The third-order valence-corrected chi connectivity index (χ3v) is 6.58. The molecule has 0 spiro atoms. The lowest BCUT2D eigenvalue weighted by Crippen LogP contribution is -1.95. The molecule has 0 heterocycles. The van der Waals surface area contributed by atoms with Crippen LogP contribution in [-0.4, -0.2) is 5.11 Å². The van der Waals surface area contributed by atoms with Crippen molar-refractivity contribution in [3.63, 3.8) is 0 Å². The van der Waals surface area contributed by atoms with E-state index in [1.807, 2.05) is 6.07 Å². The molecule has 1 heteroatoms. The number of rotatable bonds is 11. The maximum atomic E-state index is 10.3. The fourth-order valence-corrected chi connectivity index (χ4v) is 3.83. The molecule has 1 aromatic rings. The summed E-state index contributed by atoms with van der Waals surface area (Å²) in [6.45, 7) is 4.83. The van der Waals surface area contributed by atoms with E-state index in [1.54, 1.807) is 0 Å². The molecule has 0 amide bonds. The van der Waals surface area contributed by atoms with Gasteiger partial charge in [0.05, 0.1) is 0 Å². The summed E-state index contributed by atoms with van der Waals surface area (Å²) in [6, 6.07) is 6.41. The summed E-state index contributed by atoms with van der Waals surface area (Å²) in [5, 5.41) is 10.3. The van der Waals surface area contributed by atoms with E-state index in [2.05, 4.69) is 26.0 Å². The van der Waals surface area contributed by atoms with Crippen LogP contribution in [0.2, 0.25) is 0 Å². The summed E-state index contributed by atoms with van der Waals surface area (Å²) in [5.74, 6) is 0.524. The fraction of sp³-hybridized carbons (Fsp3) is 0.739. The second kappa shape index (κ2) is 7.50. The number of phenols is 1. The Balaban J connectivity index is 1.32. The molecule has 0 unspecified atom stereocenters. The topological polar surface area (TPSA) is 20.2 Å². The van der Waals surface area contributed by atoms with Crippen LogP contribution in [0.15, 0.2) is 18.2 Å². The third-order valence-electron chi connectivity index (χ3n) is 6.58. The third kappa shape index (κ3) is 5.53. The van der Waals surface area contributed by atoms with E-state index in [4.69, 9.17) is 0 Å². The molecule has 0 saturated heterocycles. The molecule has 3 rings (SSSR count). The van der Waals surface area contributed by atoms with Crippen molar-refractivity contribution in [2.45, 2.75) is 97.3 Å². The van der Waals surface area contributed by atoms with Gasteiger partial charge in [-0.1, -0.05) is 45.2 Å². The highest BCUT2D eigenvalue weighted by molar-refractivity contribution is 5.36. The number of hydrogen-bond donors (Lipinski definition) is 1. The zero-order valence-corrected chi connectivity index (χ0v) is 15.9. The predicted octanol–water partition coefficient (Wildman–Crippen LogP) is 6.81. The molecule has 1 aromatic carbocycles. The van der Waals surface area contributed by atoms with Crippen LogP contribution in [-0.2, 0) is 12.8 Å². The highest BCUT2D eigenvalue weighted by Crippen LogP contribution is 2.49. The van der Waals surface area contributed by atoms with Crippen molar-refractivity contribution in [2.24, 2.45) is 10.8 Å². The summed E-state index contributed by atoms with van der Waals surface area (Å²) < 4.78 is 0. The van der Waals surface area contributed by atoms with E-state index in [9.17, 15) is 5.11 Å². The normalized spacial score (nSPS) is 20.1. The minimum absolute atomic E-state index is 0.524. The van der Waals surface area contributed by atoms with Gasteiger partial charge in [0.15, 0.2) is 0 Å². The Labute approximate surface area is 148 Å². The largest absolute Gasteiger partial charge is 0.508 e. The summed E-state index contributed by atoms with van der Waals surface area (Å²) in [4.78, 5) is 0. The number of aromatic hydroxyl groups is 1. The number of aryl methyl sites for hydroxylation is 2. The predicted molar refractivity (Wildman–Crippen MR) is 103 cm³/mol. The van der Waals surface area contributed by atoms with Gasteiger partial charge in [0.1, 0.15) is 5.75 Å². The van der Waals surface area contributed by atoms with E-state index in [0.717, 1.165) is 18.4 Å². The molecule has 2 saturated carbocycles. The van der Waals surface area contributed by atoms with Gasteiger partial charge in [-0.05, 0) is 92.2 Å². The van der Waals surface area contributed by atoms with Crippen LogP contribution < -0.4 is 0 Å². The van der Waals surface area contributed by atoms with E-state index < -0.39 is 0 Å². The summed E-state index contributed by atoms with van der Waals surface area (Å²) in [5.41, 5.74) is 3.82. The maximum absolute atomic E-state index is 10.3. The van der Waals surface area contributed by atoms with Gasteiger partial charge >= 0.3 is 0 Å². The average molecular weight is 329 g/mol. The van der Waals surface area contributed by atoms with E-state index >= 15 is 0 Å². The monoisotopic (exact) mass is 328 g/mol. The highest BCUT2D eigenvalue weighted by Gasteiger charge is 2.36. The minimum atomic E-state index is 0.524. The summed E-state index contributed by atoms with van der Waals surface area (Å²) >= 11 is 0. The van der Waals surface area contributed by atoms with Gasteiger partial charge < -0.3 is 5.11 Å². The lowest BCUT2D eigenvalue weighted by molar-refractivity contribution is 0.458. The van der Waals surface area contributed by atoms with Crippen LogP contribution >= 0.6 is 0 Å². The molecular weight excluding hydrogens is 292 g/mol. The van der Waals surface area contributed by atoms with Crippen LogP contribution in [0.4, 0.5) is 0 Å². The summed E-state index contributed by atoms with van der Waals surface area (Å²) in [7, 11) is 0. The zero-order chi connectivity index (χ0) is 17.0. The SMILES string of the molecule is CC1(CCCCCc2ccc(CCCCC3(C)CC3)cc2O)CC1.